The van der Waals surface area contributed by atoms with Crippen LogP contribution in [0.3, 0.4) is 0 Å². The summed E-state index contributed by atoms with van der Waals surface area (Å²) in [6.45, 7) is 1.61. The second-order valence-corrected chi connectivity index (χ2v) is 5.82. The van der Waals surface area contributed by atoms with Crippen molar-refractivity contribution in [1.29, 1.82) is 0 Å². The van der Waals surface area contributed by atoms with Crippen molar-refractivity contribution in [3.8, 4) is 0 Å². The zero-order valence-electron chi connectivity index (χ0n) is 10.3. The Balaban J connectivity index is 1.61. The maximum atomic E-state index is 12.4. The standard InChI is InChI=1S/C13H22N2O2/c14-10-3-1-2-9(6-10)13(16)15-7-11-4-5-12(8-15)17-11/h9-12H,1-8,14H2. The van der Waals surface area contributed by atoms with E-state index in [2.05, 4.69) is 0 Å². The largest absolute Gasteiger partial charge is 0.371 e. The molecule has 0 radical (unpaired) electrons. The number of amides is 1. The fourth-order valence-electron chi connectivity index (χ4n) is 3.50. The molecule has 1 saturated carbocycles. The Bertz CT molecular complexity index is 296. The first-order valence-corrected chi connectivity index (χ1v) is 6.92. The number of rotatable bonds is 1. The fraction of sp³-hybridized carbons (Fsp3) is 0.923. The Morgan fingerprint density at radius 1 is 1.12 bits per heavy atom. The molecule has 0 aromatic heterocycles. The zero-order valence-corrected chi connectivity index (χ0v) is 10.3. The van der Waals surface area contributed by atoms with Crippen LogP contribution < -0.4 is 5.73 Å². The summed E-state index contributed by atoms with van der Waals surface area (Å²) >= 11 is 0. The summed E-state index contributed by atoms with van der Waals surface area (Å²) in [6, 6.07) is 0.232. The molecule has 4 unspecified atom stereocenters. The molecule has 1 aliphatic carbocycles. The molecule has 4 heteroatoms. The molecular weight excluding hydrogens is 216 g/mol. The zero-order chi connectivity index (χ0) is 11.8. The van der Waals surface area contributed by atoms with Crippen LogP contribution in [-0.4, -0.2) is 42.1 Å². The van der Waals surface area contributed by atoms with Gasteiger partial charge in [0.15, 0.2) is 0 Å². The highest BCUT2D eigenvalue weighted by molar-refractivity contribution is 5.79. The fourth-order valence-corrected chi connectivity index (χ4v) is 3.50. The topological polar surface area (TPSA) is 55.6 Å². The Morgan fingerprint density at radius 3 is 2.47 bits per heavy atom. The van der Waals surface area contributed by atoms with Crippen LogP contribution in [0.1, 0.15) is 38.5 Å². The van der Waals surface area contributed by atoms with Gasteiger partial charge in [0.2, 0.25) is 5.91 Å². The van der Waals surface area contributed by atoms with Crippen LogP contribution >= 0.6 is 0 Å². The van der Waals surface area contributed by atoms with E-state index < -0.39 is 0 Å². The van der Waals surface area contributed by atoms with Gasteiger partial charge in [0.1, 0.15) is 0 Å². The lowest BCUT2D eigenvalue weighted by atomic mass is 9.85. The number of fused-ring (bicyclic) bond motifs is 2. The molecule has 0 aromatic carbocycles. The van der Waals surface area contributed by atoms with Gasteiger partial charge in [-0.2, -0.15) is 0 Å². The molecule has 3 rings (SSSR count). The van der Waals surface area contributed by atoms with Crippen LogP contribution in [0.15, 0.2) is 0 Å². The molecule has 1 amide bonds. The van der Waals surface area contributed by atoms with Crippen molar-refractivity contribution in [2.45, 2.75) is 56.8 Å². The summed E-state index contributed by atoms with van der Waals surface area (Å²) in [4.78, 5) is 14.5. The maximum absolute atomic E-state index is 12.4. The van der Waals surface area contributed by atoms with Gasteiger partial charge in [-0.3, -0.25) is 4.79 Å². The van der Waals surface area contributed by atoms with Gasteiger partial charge in [0, 0.05) is 25.0 Å². The van der Waals surface area contributed by atoms with Gasteiger partial charge < -0.3 is 15.4 Å². The first kappa shape index (κ1) is 11.5. The highest BCUT2D eigenvalue weighted by Crippen LogP contribution is 2.30. The molecule has 2 N–H and O–H groups in total. The molecular formula is C13H22N2O2. The van der Waals surface area contributed by atoms with Gasteiger partial charge in [0.25, 0.3) is 0 Å². The minimum absolute atomic E-state index is 0.177. The summed E-state index contributed by atoms with van der Waals surface area (Å²) in [5.41, 5.74) is 5.96. The highest BCUT2D eigenvalue weighted by Gasteiger charge is 2.38. The van der Waals surface area contributed by atoms with Crippen LogP contribution in [-0.2, 0) is 9.53 Å². The van der Waals surface area contributed by atoms with Crippen molar-refractivity contribution >= 4 is 5.91 Å². The molecule has 3 aliphatic rings. The van der Waals surface area contributed by atoms with Gasteiger partial charge in [-0.15, -0.1) is 0 Å². The van der Waals surface area contributed by atoms with Gasteiger partial charge in [-0.25, -0.2) is 0 Å². The molecule has 2 aliphatic heterocycles. The van der Waals surface area contributed by atoms with E-state index in [1.807, 2.05) is 4.90 Å². The number of carbonyl (C=O) groups excluding carboxylic acids is 1. The van der Waals surface area contributed by atoms with E-state index >= 15 is 0 Å². The first-order chi connectivity index (χ1) is 8.22. The van der Waals surface area contributed by atoms with E-state index in [1.54, 1.807) is 0 Å². The van der Waals surface area contributed by atoms with Crippen LogP contribution in [0.4, 0.5) is 0 Å². The van der Waals surface area contributed by atoms with Crippen LogP contribution in [0.25, 0.3) is 0 Å². The number of ether oxygens (including phenoxy) is 1. The van der Waals surface area contributed by atoms with Crippen molar-refractivity contribution in [2.75, 3.05) is 13.1 Å². The molecule has 3 fully saturated rings. The van der Waals surface area contributed by atoms with Gasteiger partial charge in [-0.05, 0) is 32.1 Å². The molecule has 4 atom stereocenters. The monoisotopic (exact) mass is 238 g/mol. The third-order valence-electron chi connectivity index (χ3n) is 4.42. The molecule has 4 nitrogen and oxygen atoms in total. The Labute approximate surface area is 102 Å². The van der Waals surface area contributed by atoms with Crippen molar-refractivity contribution in [3.05, 3.63) is 0 Å². The smallest absolute Gasteiger partial charge is 0.225 e. The maximum Gasteiger partial charge on any atom is 0.225 e. The lowest BCUT2D eigenvalue weighted by Crippen LogP contribution is -2.49. The SMILES string of the molecule is NC1CCCC(C(=O)N2CC3CCC(C2)O3)C1. The van der Waals surface area contributed by atoms with Crippen molar-refractivity contribution in [3.63, 3.8) is 0 Å². The molecule has 17 heavy (non-hydrogen) atoms. The molecule has 2 heterocycles. The Kier molecular flexibility index (Phi) is 3.09. The number of morpholine rings is 1. The predicted molar refractivity (Wildman–Crippen MR) is 64.4 cm³/mol. The first-order valence-electron chi connectivity index (χ1n) is 6.92. The van der Waals surface area contributed by atoms with Crippen LogP contribution in [0.2, 0.25) is 0 Å². The van der Waals surface area contributed by atoms with Crippen molar-refractivity contribution in [2.24, 2.45) is 11.7 Å². The number of nitrogens with zero attached hydrogens (tertiary/aromatic N) is 1. The Morgan fingerprint density at radius 2 is 1.82 bits per heavy atom. The summed E-state index contributed by atoms with van der Waals surface area (Å²) in [5, 5.41) is 0. The minimum atomic E-state index is 0.177. The second-order valence-electron chi connectivity index (χ2n) is 5.82. The third-order valence-corrected chi connectivity index (χ3v) is 4.42. The third kappa shape index (κ3) is 2.33. The van der Waals surface area contributed by atoms with E-state index in [9.17, 15) is 4.79 Å². The second kappa shape index (κ2) is 4.58. The number of hydrogen-bond acceptors (Lipinski definition) is 3. The predicted octanol–water partition coefficient (Wildman–Crippen LogP) is 0.894. The molecule has 0 aromatic rings. The number of nitrogens with two attached hydrogens (primary N) is 1. The summed E-state index contributed by atoms with van der Waals surface area (Å²) in [7, 11) is 0. The van der Waals surface area contributed by atoms with Crippen molar-refractivity contribution in [1.82, 2.24) is 4.90 Å². The molecule has 0 spiro atoms. The highest BCUT2D eigenvalue weighted by atomic mass is 16.5. The van der Waals surface area contributed by atoms with E-state index in [1.165, 1.54) is 0 Å². The van der Waals surface area contributed by atoms with E-state index in [4.69, 9.17) is 10.5 Å². The molecule has 96 valence electrons. The van der Waals surface area contributed by atoms with E-state index in [0.29, 0.717) is 18.1 Å². The summed E-state index contributed by atoms with van der Waals surface area (Å²) < 4.78 is 5.77. The normalized spacial score (nSPS) is 41.6. The van der Waals surface area contributed by atoms with Crippen molar-refractivity contribution < 1.29 is 9.53 Å². The van der Waals surface area contributed by atoms with Gasteiger partial charge >= 0.3 is 0 Å². The Hall–Kier alpha value is -0.610. The van der Waals surface area contributed by atoms with E-state index in [0.717, 1.165) is 51.6 Å². The number of likely N-dealkylation sites (tertiary alicyclic amines) is 1. The van der Waals surface area contributed by atoms with Gasteiger partial charge in [0.05, 0.1) is 12.2 Å². The lowest BCUT2D eigenvalue weighted by Gasteiger charge is -2.36. The lowest BCUT2D eigenvalue weighted by molar-refractivity contribution is -0.145. The number of carbonyl (C=O) groups is 1. The quantitative estimate of drug-likeness (QED) is 0.738. The summed E-state index contributed by atoms with van der Waals surface area (Å²) in [5.74, 6) is 0.511. The van der Waals surface area contributed by atoms with E-state index in [-0.39, 0.29) is 12.0 Å². The van der Waals surface area contributed by atoms with Gasteiger partial charge in [-0.1, -0.05) is 6.42 Å². The molecule has 2 bridgehead atoms. The molecule has 2 saturated heterocycles. The average molecular weight is 238 g/mol. The number of hydrogen-bond donors (Lipinski definition) is 1. The minimum Gasteiger partial charge on any atom is -0.371 e. The van der Waals surface area contributed by atoms with Crippen LogP contribution in [0.5, 0.6) is 0 Å². The average Bonchev–Trinajstić information content (AvgIpc) is 2.67. The van der Waals surface area contributed by atoms with Crippen LogP contribution in [0, 0.1) is 5.92 Å². The summed E-state index contributed by atoms with van der Waals surface area (Å²) in [6.07, 6.45) is 6.94.